The number of ether oxygens (including phenoxy) is 1. The number of hydrazine groups is 1. The third kappa shape index (κ3) is 6.21. The van der Waals surface area contributed by atoms with Crippen molar-refractivity contribution in [2.75, 3.05) is 26.8 Å². The molecule has 0 atom stereocenters. The standard InChI is InChI=1S/C13H28N4O/c1-11-3-5-12(6-4-11)7-8-15-13(17-14)16-9-10-18-2/h11-12H,3-10,14H2,1-2H3,(H2,15,16,17). The summed E-state index contributed by atoms with van der Waals surface area (Å²) in [6, 6.07) is 0. The number of guanidine groups is 1. The van der Waals surface area contributed by atoms with Gasteiger partial charge in [0.2, 0.25) is 5.96 Å². The molecule has 1 saturated carbocycles. The fourth-order valence-electron chi connectivity index (χ4n) is 2.40. The number of methoxy groups -OCH3 is 1. The lowest BCUT2D eigenvalue weighted by Gasteiger charge is -2.25. The van der Waals surface area contributed by atoms with Gasteiger partial charge in [0.05, 0.1) is 6.61 Å². The minimum absolute atomic E-state index is 0.654. The second-order valence-electron chi connectivity index (χ2n) is 5.21. The van der Waals surface area contributed by atoms with E-state index in [1.165, 1.54) is 32.1 Å². The molecule has 5 heteroatoms. The Balaban J connectivity index is 2.16. The van der Waals surface area contributed by atoms with Crippen molar-refractivity contribution in [3.8, 4) is 0 Å². The molecule has 1 aliphatic carbocycles. The summed E-state index contributed by atoms with van der Waals surface area (Å²) >= 11 is 0. The highest BCUT2D eigenvalue weighted by Crippen LogP contribution is 2.30. The molecule has 0 aromatic heterocycles. The molecule has 0 saturated heterocycles. The molecule has 0 aromatic carbocycles. The second kappa shape index (κ2) is 9.16. The van der Waals surface area contributed by atoms with Crippen LogP contribution in [-0.4, -0.2) is 32.8 Å². The van der Waals surface area contributed by atoms with Crippen molar-refractivity contribution in [1.29, 1.82) is 0 Å². The number of aliphatic imine (C=N–C) groups is 1. The average molecular weight is 256 g/mol. The predicted molar refractivity (Wildman–Crippen MR) is 75.2 cm³/mol. The molecule has 0 unspecified atom stereocenters. The maximum Gasteiger partial charge on any atom is 0.205 e. The van der Waals surface area contributed by atoms with Crippen LogP contribution in [0, 0.1) is 11.8 Å². The van der Waals surface area contributed by atoms with Gasteiger partial charge < -0.3 is 10.1 Å². The van der Waals surface area contributed by atoms with Crippen LogP contribution in [0.5, 0.6) is 0 Å². The topological polar surface area (TPSA) is 71.7 Å². The monoisotopic (exact) mass is 256 g/mol. The zero-order chi connectivity index (χ0) is 13.2. The first-order chi connectivity index (χ1) is 8.76. The molecule has 0 heterocycles. The Bertz CT molecular complexity index is 237. The fraction of sp³-hybridized carbons (Fsp3) is 0.923. The summed E-state index contributed by atoms with van der Waals surface area (Å²) in [5.41, 5.74) is 2.59. The minimum atomic E-state index is 0.654. The van der Waals surface area contributed by atoms with E-state index in [9.17, 15) is 0 Å². The number of nitrogens with two attached hydrogens (primary N) is 1. The van der Waals surface area contributed by atoms with Crippen LogP contribution in [0.2, 0.25) is 0 Å². The Labute approximate surface area is 111 Å². The van der Waals surface area contributed by atoms with Crippen molar-refractivity contribution < 1.29 is 4.74 Å². The largest absolute Gasteiger partial charge is 0.383 e. The summed E-state index contributed by atoms with van der Waals surface area (Å²) < 4.78 is 4.96. The number of hydrogen-bond acceptors (Lipinski definition) is 3. The van der Waals surface area contributed by atoms with E-state index in [4.69, 9.17) is 10.6 Å². The number of rotatable bonds is 6. The predicted octanol–water partition coefficient (Wildman–Crippen LogP) is 1.26. The summed E-state index contributed by atoms with van der Waals surface area (Å²) in [7, 11) is 1.68. The second-order valence-corrected chi connectivity index (χ2v) is 5.21. The van der Waals surface area contributed by atoms with Crippen LogP contribution >= 0.6 is 0 Å². The van der Waals surface area contributed by atoms with Crippen LogP contribution in [0.4, 0.5) is 0 Å². The Morgan fingerprint density at radius 2 is 2.06 bits per heavy atom. The van der Waals surface area contributed by atoms with Gasteiger partial charge in [-0.2, -0.15) is 0 Å². The van der Waals surface area contributed by atoms with Gasteiger partial charge in [-0.1, -0.05) is 32.6 Å². The van der Waals surface area contributed by atoms with Crippen molar-refractivity contribution in [2.45, 2.75) is 39.0 Å². The molecule has 5 nitrogen and oxygen atoms in total. The van der Waals surface area contributed by atoms with Gasteiger partial charge in [-0.25, -0.2) is 5.84 Å². The van der Waals surface area contributed by atoms with Gasteiger partial charge in [-0.3, -0.25) is 10.4 Å². The van der Waals surface area contributed by atoms with Gasteiger partial charge in [0.15, 0.2) is 0 Å². The molecule has 0 bridgehead atoms. The van der Waals surface area contributed by atoms with Gasteiger partial charge >= 0.3 is 0 Å². The SMILES string of the molecule is COCCNC(=NCCC1CCC(C)CC1)NN. The van der Waals surface area contributed by atoms with Gasteiger partial charge in [0.25, 0.3) is 0 Å². The molecule has 1 rings (SSSR count). The molecule has 0 aliphatic heterocycles. The highest BCUT2D eigenvalue weighted by atomic mass is 16.5. The van der Waals surface area contributed by atoms with Crippen LogP contribution in [0.3, 0.4) is 0 Å². The molecule has 0 aromatic rings. The fourth-order valence-corrected chi connectivity index (χ4v) is 2.40. The summed E-state index contributed by atoms with van der Waals surface area (Å²) in [6.45, 7) is 4.57. The zero-order valence-electron chi connectivity index (χ0n) is 11.7. The smallest absolute Gasteiger partial charge is 0.205 e. The Morgan fingerprint density at radius 3 is 2.67 bits per heavy atom. The Kier molecular flexibility index (Phi) is 7.76. The quantitative estimate of drug-likeness (QED) is 0.220. The van der Waals surface area contributed by atoms with Gasteiger partial charge in [0.1, 0.15) is 0 Å². The normalized spacial score (nSPS) is 24.9. The highest BCUT2D eigenvalue weighted by molar-refractivity contribution is 5.79. The van der Waals surface area contributed by atoms with Crippen molar-refractivity contribution >= 4 is 5.96 Å². The molecule has 1 aliphatic rings. The van der Waals surface area contributed by atoms with Crippen molar-refractivity contribution in [3.63, 3.8) is 0 Å². The molecule has 0 spiro atoms. The molecule has 0 amide bonds. The molecule has 1 fully saturated rings. The first kappa shape index (κ1) is 15.2. The third-order valence-corrected chi connectivity index (χ3v) is 3.68. The van der Waals surface area contributed by atoms with Crippen LogP contribution in [0.15, 0.2) is 4.99 Å². The van der Waals surface area contributed by atoms with E-state index >= 15 is 0 Å². The number of nitrogens with zero attached hydrogens (tertiary/aromatic N) is 1. The van der Waals surface area contributed by atoms with Crippen molar-refractivity contribution in [3.05, 3.63) is 0 Å². The summed E-state index contributed by atoms with van der Waals surface area (Å²) in [5, 5.41) is 3.10. The van der Waals surface area contributed by atoms with Gasteiger partial charge in [0, 0.05) is 20.2 Å². The first-order valence-electron chi connectivity index (χ1n) is 7.00. The molecule has 106 valence electrons. The van der Waals surface area contributed by atoms with E-state index in [0.717, 1.165) is 24.9 Å². The van der Waals surface area contributed by atoms with Crippen LogP contribution in [0.1, 0.15) is 39.0 Å². The minimum Gasteiger partial charge on any atom is -0.383 e. The lowest BCUT2D eigenvalue weighted by molar-refractivity contribution is 0.203. The molecular weight excluding hydrogens is 228 g/mol. The zero-order valence-corrected chi connectivity index (χ0v) is 11.7. The number of hydrogen-bond donors (Lipinski definition) is 3. The van der Waals surface area contributed by atoms with Crippen LogP contribution in [0.25, 0.3) is 0 Å². The van der Waals surface area contributed by atoms with Gasteiger partial charge in [-0.15, -0.1) is 0 Å². The lowest BCUT2D eigenvalue weighted by Crippen LogP contribution is -2.43. The summed E-state index contributed by atoms with van der Waals surface area (Å²) in [5.74, 6) is 7.84. The molecule has 0 radical (unpaired) electrons. The van der Waals surface area contributed by atoms with Crippen LogP contribution < -0.4 is 16.6 Å². The van der Waals surface area contributed by atoms with E-state index in [1.54, 1.807) is 7.11 Å². The average Bonchev–Trinajstić information content (AvgIpc) is 2.39. The first-order valence-corrected chi connectivity index (χ1v) is 7.00. The molecule has 4 N–H and O–H groups in total. The van der Waals surface area contributed by atoms with E-state index in [0.29, 0.717) is 12.6 Å². The highest BCUT2D eigenvalue weighted by Gasteiger charge is 2.17. The van der Waals surface area contributed by atoms with Crippen molar-refractivity contribution in [1.82, 2.24) is 10.7 Å². The molecule has 18 heavy (non-hydrogen) atoms. The Morgan fingerprint density at radius 1 is 1.33 bits per heavy atom. The van der Waals surface area contributed by atoms with Crippen LogP contribution in [-0.2, 0) is 4.74 Å². The molecular formula is C13H28N4O. The van der Waals surface area contributed by atoms with E-state index < -0.39 is 0 Å². The van der Waals surface area contributed by atoms with Gasteiger partial charge in [-0.05, 0) is 18.3 Å². The maximum absolute atomic E-state index is 5.41. The van der Waals surface area contributed by atoms with E-state index in [-0.39, 0.29) is 0 Å². The van der Waals surface area contributed by atoms with E-state index in [2.05, 4.69) is 22.7 Å². The summed E-state index contributed by atoms with van der Waals surface area (Å²) in [6.07, 6.45) is 6.65. The third-order valence-electron chi connectivity index (χ3n) is 3.68. The van der Waals surface area contributed by atoms with Crippen molar-refractivity contribution in [2.24, 2.45) is 22.7 Å². The lowest BCUT2D eigenvalue weighted by atomic mass is 9.81. The summed E-state index contributed by atoms with van der Waals surface area (Å²) in [4.78, 5) is 4.44. The maximum atomic E-state index is 5.41. The number of nitrogens with one attached hydrogen (secondary N) is 2. The van der Waals surface area contributed by atoms with E-state index in [1.807, 2.05) is 0 Å². The Hall–Kier alpha value is -0.810.